The second-order valence-corrected chi connectivity index (χ2v) is 8.81. The molecule has 7 nitrogen and oxygen atoms in total. The zero-order valence-corrected chi connectivity index (χ0v) is 17.3. The van der Waals surface area contributed by atoms with Crippen LogP contribution >= 0.6 is 11.6 Å². The van der Waals surface area contributed by atoms with Crippen molar-refractivity contribution < 1.29 is 26.3 Å². The Morgan fingerprint density at radius 2 is 1.83 bits per heavy atom. The topological polar surface area (TPSA) is 83.6 Å². The molecule has 2 heterocycles. The van der Waals surface area contributed by atoms with Crippen LogP contribution in [-0.4, -0.2) is 57.4 Å². The molecule has 0 spiro atoms. The normalized spacial score (nSPS) is 16.9. The second kappa shape index (κ2) is 9.48. The van der Waals surface area contributed by atoms with Crippen molar-refractivity contribution in [3.8, 4) is 5.88 Å². The van der Waals surface area contributed by atoms with Gasteiger partial charge in [-0.15, -0.1) is 13.2 Å². The van der Waals surface area contributed by atoms with Crippen LogP contribution in [0, 0.1) is 0 Å². The van der Waals surface area contributed by atoms with Crippen molar-refractivity contribution in [2.75, 3.05) is 32.7 Å². The summed E-state index contributed by atoms with van der Waals surface area (Å²) in [5, 5.41) is 3.75. The molecule has 0 unspecified atom stereocenters. The zero-order valence-electron chi connectivity index (χ0n) is 15.7. The summed E-state index contributed by atoms with van der Waals surface area (Å²) >= 11 is 5.94. The largest absolute Gasteiger partial charge is 0.574 e. The number of nitrogens with one attached hydrogen (secondary N) is 2. The van der Waals surface area contributed by atoms with E-state index < -0.39 is 28.3 Å². The Morgan fingerprint density at radius 1 is 1.17 bits per heavy atom. The van der Waals surface area contributed by atoms with E-state index in [-0.39, 0.29) is 4.90 Å². The zero-order chi connectivity index (χ0) is 21.8. The number of alkyl halides is 3. The quantitative estimate of drug-likeness (QED) is 0.655. The number of sulfonamides is 1. The first-order valence-electron chi connectivity index (χ1n) is 9.05. The van der Waals surface area contributed by atoms with E-state index in [1.54, 1.807) is 24.3 Å². The summed E-state index contributed by atoms with van der Waals surface area (Å²) in [4.78, 5) is 5.29. The monoisotopic (exact) mass is 464 g/mol. The van der Waals surface area contributed by atoms with Crippen LogP contribution in [0.3, 0.4) is 0 Å². The number of piperazine rings is 1. The van der Waals surface area contributed by atoms with Crippen molar-refractivity contribution >= 4 is 21.6 Å². The Labute approximate surface area is 177 Å². The van der Waals surface area contributed by atoms with Crippen LogP contribution in [-0.2, 0) is 10.0 Å². The summed E-state index contributed by atoms with van der Waals surface area (Å²) in [6.45, 7) is 3.54. The summed E-state index contributed by atoms with van der Waals surface area (Å²) in [5.41, 5.74) is 0.714. The smallest absolute Gasteiger partial charge is 0.388 e. The molecule has 0 aliphatic carbocycles. The predicted octanol–water partition coefficient (Wildman–Crippen LogP) is 2.56. The maximum Gasteiger partial charge on any atom is 0.574 e. The van der Waals surface area contributed by atoms with E-state index in [4.69, 9.17) is 11.6 Å². The maximum atomic E-state index is 12.8. The highest BCUT2D eigenvalue weighted by atomic mass is 35.5. The molecule has 12 heteroatoms. The highest BCUT2D eigenvalue weighted by Crippen LogP contribution is 2.24. The fourth-order valence-electron chi connectivity index (χ4n) is 3.02. The van der Waals surface area contributed by atoms with Crippen molar-refractivity contribution in [3.05, 3.63) is 53.2 Å². The van der Waals surface area contributed by atoms with E-state index >= 15 is 0 Å². The molecular weight excluding hydrogens is 445 g/mol. The van der Waals surface area contributed by atoms with Crippen molar-refractivity contribution in [3.63, 3.8) is 0 Å². The molecular formula is C18H20ClF3N4O3S. The van der Waals surface area contributed by atoms with Gasteiger partial charge in [0.25, 0.3) is 0 Å². The maximum absolute atomic E-state index is 12.8. The molecule has 1 aromatic carbocycles. The Hall–Kier alpha value is -1.92. The number of ether oxygens (including phenoxy) is 1. The number of hydrogen-bond acceptors (Lipinski definition) is 6. The molecule has 1 saturated heterocycles. The Balaban J connectivity index is 1.80. The number of halogens is 4. The minimum Gasteiger partial charge on any atom is -0.388 e. The lowest BCUT2D eigenvalue weighted by molar-refractivity contribution is -0.276. The van der Waals surface area contributed by atoms with Crippen LogP contribution in [0.2, 0.25) is 5.02 Å². The number of rotatable bonds is 7. The highest BCUT2D eigenvalue weighted by Gasteiger charge is 2.32. The van der Waals surface area contributed by atoms with Crippen LogP contribution in [0.4, 0.5) is 13.2 Å². The van der Waals surface area contributed by atoms with Gasteiger partial charge in [-0.25, -0.2) is 18.1 Å². The Bertz CT molecular complexity index is 935. The van der Waals surface area contributed by atoms with Crippen molar-refractivity contribution in [2.24, 2.45) is 0 Å². The fraction of sp³-hybridized carbons (Fsp3) is 0.389. The molecule has 0 amide bonds. The lowest BCUT2D eigenvalue weighted by Crippen LogP contribution is -2.47. The summed E-state index contributed by atoms with van der Waals surface area (Å²) in [6.07, 6.45) is -4.08. The summed E-state index contributed by atoms with van der Waals surface area (Å²) in [6, 6.07) is 8.08. The standard InChI is InChI=1S/C18H20ClF3N4O3S/c19-14-3-1-13(2-4-14)16(12-26-9-7-23-8-10-26)25-30(27,28)15-5-6-17(24-11-15)29-18(20,21)22/h1-6,11,16,23,25H,7-10,12H2/t16-/m0/s1. The number of aromatic nitrogens is 1. The molecule has 30 heavy (non-hydrogen) atoms. The molecule has 164 valence electrons. The first kappa shape index (κ1) is 22.8. The van der Waals surface area contributed by atoms with E-state index in [1.165, 1.54) is 0 Å². The molecule has 1 aromatic heterocycles. The van der Waals surface area contributed by atoms with Gasteiger partial charge >= 0.3 is 6.36 Å². The molecule has 1 atom stereocenters. The van der Waals surface area contributed by atoms with Crippen LogP contribution in [0.5, 0.6) is 5.88 Å². The van der Waals surface area contributed by atoms with E-state index in [2.05, 4.69) is 24.7 Å². The van der Waals surface area contributed by atoms with E-state index in [9.17, 15) is 21.6 Å². The number of nitrogens with zero attached hydrogens (tertiary/aromatic N) is 2. The van der Waals surface area contributed by atoms with Gasteiger partial charge in [-0.05, 0) is 23.8 Å². The third kappa shape index (κ3) is 6.54. The van der Waals surface area contributed by atoms with Gasteiger partial charge in [0.2, 0.25) is 15.9 Å². The molecule has 1 aliphatic rings. The molecule has 3 rings (SSSR count). The van der Waals surface area contributed by atoms with E-state index in [0.717, 1.165) is 44.5 Å². The average Bonchev–Trinajstić information content (AvgIpc) is 2.68. The third-order valence-electron chi connectivity index (χ3n) is 4.46. The van der Waals surface area contributed by atoms with Crippen LogP contribution in [0.15, 0.2) is 47.5 Å². The summed E-state index contributed by atoms with van der Waals surface area (Å²) in [5.74, 6) is -0.739. The highest BCUT2D eigenvalue weighted by molar-refractivity contribution is 7.89. The van der Waals surface area contributed by atoms with Crippen molar-refractivity contribution in [2.45, 2.75) is 17.3 Å². The van der Waals surface area contributed by atoms with Crippen molar-refractivity contribution in [1.29, 1.82) is 0 Å². The summed E-state index contributed by atoms with van der Waals surface area (Å²) < 4.78 is 68.8. The Morgan fingerprint density at radius 3 is 2.40 bits per heavy atom. The lowest BCUT2D eigenvalue weighted by atomic mass is 10.1. The molecule has 2 N–H and O–H groups in total. The second-order valence-electron chi connectivity index (χ2n) is 6.66. The molecule has 1 aliphatic heterocycles. The molecule has 2 aromatic rings. The number of benzene rings is 1. The van der Waals surface area contributed by atoms with Gasteiger partial charge in [-0.3, -0.25) is 4.90 Å². The summed E-state index contributed by atoms with van der Waals surface area (Å²) in [7, 11) is -4.05. The minimum atomic E-state index is -4.91. The fourth-order valence-corrected chi connectivity index (χ4v) is 4.30. The number of hydrogen-bond donors (Lipinski definition) is 2. The van der Waals surface area contributed by atoms with Gasteiger partial charge in [-0.2, -0.15) is 0 Å². The van der Waals surface area contributed by atoms with Gasteiger partial charge in [0.15, 0.2) is 0 Å². The first-order chi connectivity index (χ1) is 14.1. The number of pyridine rings is 1. The van der Waals surface area contributed by atoms with Gasteiger partial charge in [0.1, 0.15) is 4.90 Å². The predicted molar refractivity (Wildman–Crippen MR) is 105 cm³/mol. The van der Waals surface area contributed by atoms with E-state index in [1.807, 2.05) is 0 Å². The van der Waals surface area contributed by atoms with Gasteiger partial charge in [0.05, 0.1) is 12.2 Å². The van der Waals surface area contributed by atoms with Gasteiger partial charge < -0.3 is 10.1 Å². The lowest BCUT2D eigenvalue weighted by Gasteiger charge is -2.31. The SMILES string of the molecule is O=S(=O)(N[C@@H](CN1CCNCC1)c1ccc(Cl)cc1)c1ccc(OC(F)(F)F)nc1. The first-order valence-corrected chi connectivity index (χ1v) is 10.9. The third-order valence-corrected chi connectivity index (χ3v) is 6.17. The van der Waals surface area contributed by atoms with Gasteiger partial charge in [0, 0.05) is 43.8 Å². The molecule has 0 radical (unpaired) electrons. The Kier molecular flexibility index (Phi) is 7.19. The van der Waals surface area contributed by atoms with E-state index in [0.29, 0.717) is 17.1 Å². The van der Waals surface area contributed by atoms with Crippen LogP contribution in [0.1, 0.15) is 11.6 Å². The van der Waals surface area contributed by atoms with Crippen LogP contribution < -0.4 is 14.8 Å². The molecule has 0 bridgehead atoms. The van der Waals surface area contributed by atoms with Gasteiger partial charge in [-0.1, -0.05) is 23.7 Å². The molecule has 1 fully saturated rings. The van der Waals surface area contributed by atoms with Crippen LogP contribution in [0.25, 0.3) is 0 Å². The van der Waals surface area contributed by atoms with Crippen molar-refractivity contribution in [1.82, 2.24) is 19.9 Å². The average molecular weight is 465 g/mol. The molecule has 0 saturated carbocycles. The minimum absolute atomic E-state index is 0.267.